The third kappa shape index (κ3) is 5.73. The number of hydrogen-bond acceptors (Lipinski definition) is 5. The van der Waals surface area contributed by atoms with Crippen LogP contribution in [0.4, 0.5) is 5.69 Å². The van der Waals surface area contributed by atoms with Crippen LogP contribution < -0.4 is 5.32 Å². The van der Waals surface area contributed by atoms with Gasteiger partial charge in [0, 0.05) is 28.7 Å². The summed E-state index contributed by atoms with van der Waals surface area (Å²) in [7, 11) is -3.55. The predicted octanol–water partition coefficient (Wildman–Crippen LogP) is 3.87. The first-order valence-electron chi connectivity index (χ1n) is 9.31. The van der Waals surface area contributed by atoms with Crippen molar-refractivity contribution in [1.29, 1.82) is 0 Å². The monoisotopic (exact) mass is 454 g/mol. The number of morpholine rings is 1. The summed E-state index contributed by atoms with van der Waals surface area (Å²) < 4.78 is 32.0. The van der Waals surface area contributed by atoms with Gasteiger partial charge in [0.2, 0.25) is 15.9 Å². The molecule has 1 amide bonds. The number of anilines is 1. The number of carbonyl (C=O) groups is 1. The molecular formula is C20H23ClN2O4S2. The fourth-order valence-corrected chi connectivity index (χ4v) is 5.36. The standard InChI is InChI=1S/C20H23ClN2O4S2/c1-2-19(28-17-7-3-15(21)4-8-17)20(24)22-16-5-9-18(10-6-16)29(25,26)23-11-13-27-14-12-23/h3-10,19H,2,11-14H2,1H3,(H,22,24)/t19-/m1/s1. The van der Waals surface area contributed by atoms with Gasteiger partial charge < -0.3 is 10.1 Å². The molecule has 2 aromatic rings. The van der Waals surface area contributed by atoms with E-state index >= 15 is 0 Å². The number of rotatable bonds is 7. The highest BCUT2D eigenvalue weighted by atomic mass is 35.5. The number of thioether (sulfide) groups is 1. The van der Waals surface area contributed by atoms with Crippen LogP contribution in [-0.2, 0) is 19.6 Å². The van der Waals surface area contributed by atoms with E-state index in [1.807, 2.05) is 19.1 Å². The summed E-state index contributed by atoms with van der Waals surface area (Å²) in [4.78, 5) is 13.8. The van der Waals surface area contributed by atoms with Gasteiger partial charge in [0.25, 0.3) is 0 Å². The summed E-state index contributed by atoms with van der Waals surface area (Å²) >= 11 is 7.37. The van der Waals surface area contributed by atoms with E-state index in [9.17, 15) is 13.2 Å². The molecule has 1 atom stereocenters. The number of hydrogen-bond donors (Lipinski definition) is 1. The lowest BCUT2D eigenvalue weighted by Crippen LogP contribution is -2.40. The van der Waals surface area contributed by atoms with Crippen LogP contribution in [0.1, 0.15) is 13.3 Å². The van der Waals surface area contributed by atoms with Crippen LogP contribution in [0.15, 0.2) is 58.3 Å². The maximum Gasteiger partial charge on any atom is 0.243 e. The lowest BCUT2D eigenvalue weighted by Gasteiger charge is -2.26. The number of amides is 1. The zero-order valence-corrected chi connectivity index (χ0v) is 18.4. The number of halogens is 1. The number of nitrogens with zero attached hydrogens (tertiary/aromatic N) is 1. The zero-order valence-electron chi connectivity index (χ0n) is 16.0. The first-order valence-corrected chi connectivity index (χ1v) is 12.0. The molecule has 1 heterocycles. The molecule has 0 bridgehead atoms. The summed E-state index contributed by atoms with van der Waals surface area (Å²) in [5.41, 5.74) is 0.561. The van der Waals surface area contributed by atoms with E-state index in [-0.39, 0.29) is 16.1 Å². The first-order chi connectivity index (χ1) is 13.9. The van der Waals surface area contributed by atoms with Crippen LogP contribution in [0.5, 0.6) is 0 Å². The Hall–Kier alpha value is -1.58. The molecule has 0 aromatic heterocycles. The van der Waals surface area contributed by atoms with Crippen LogP contribution in [0.2, 0.25) is 5.02 Å². The number of ether oxygens (including phenoxy) is 1. The predicted molar refractivity (Wildman–Crippen MR) is 116 cm³/mol. The largest absolute Gasteiger partial charge is 0.379 e. The third-order valence-electron chi connectivity index (χ3n) is 4.48. The molecular weight excluding hydrogens is 432 g/mol. The van der Waals surface area contributed by atoms with Gasteiger partial charge in [0.05, 0.1) is 23.4 Å². The topological polar surface area (TPSA) is 75.7 Å². The summed E-state index contributed by atoms with van der Waals surface area (Å²) in [5.74, 6) is -0.128. The van der Waals surface area contributed by atoms with Gasteiger partial charge in [-0.2, -0.15) is 4.31 Å². The zero-order chi connectivity index (χ0) is 20.9. The minimum absolute atomic E-state index is 0.128. The van der Waals surface area contributed by atoms with Gasteiger partial charge in [-0.25, -0.2) is 8.42 Å². The quantitative estimate of drug-likeness (QED) is 0.642. The molecule has 1 fully saturated rings. The average molecular weight is 455 g/mol. The van der Waals surface area contributed by atoms with Gasteiger partial charge >= 0.3 is 0 Å². The van der Waals surface area contributed by atoms with Crippen LogP contribution >= 0.6 is 23.4 Å². The molecule has 0 spiro atoms. The second kappa shape index (κ2) is 9.95. The Morgan fingerprint density at radius 2 is 1.76 bits per heavy atom. The van der Waals surface area contributed by atoms with Crippen molar-refractivity contribution in [2.75, 3.05) is 31.6 Å². The third-order valence-corrected chi connectivity index (χ3v) is 8.03. The number of nitrogens with one attached hydrogen (secondary N) is 1. The van der Waals surface area contributed by atoms with Gasteiger partial charge in [-0.15, -0.1) is 11.8 Å². The SMILES string of the molecule is CC[C@@H](Sc1ccc(Cl)cc1)C(=O)Nc1ccc(S(=O)(=O)N2CCOCC2)cc1. The molecule has 6 nitrogen and oxygen atoms in total. The molecule has 0 unspecified atom stereocenters. The van der Waals surface area contributed by atoms with Crippen molar-refractivity contribution in [3.63, 3.8) is 0 Å². The Morgan fingerprint density at radius 1 is 1.14 bits per heavy atom. The minimum atomic E-state index is -3.55. The first kappa shape index (κ1) is 22.1. The number of sulfonamides is 1. The maximum atomic E-state index is 12.7. The fourth-order valence-electron chi connectivity index (χ4n) is 2.87. The van der Waals surface area contributed by atoms with Crippen molar-refractivity contribution < 1.29 is 17.9 Å². The van der Waals surface area contributed by atoms with E-state index in [0.29, 0.717) is 43.4 Å². The van der Waals surface area contributed by atoms with Crippen molar-refractivity contribution >= 4 is 45.0 Å². The van der Waals surface area contributed by atoms with Crippen LogP contribution in [0, 0.1) is 0 Å². The average Bonchev–Trinajstić information content (AvgIpc) is 2.74. The van der Waals surface area contributed by atoms with Gasteiger partial charge in [-0.05, 0) is 55.0 Å². The maximum absolute atomic E-state index is 12.7. The van der Waals surface area contributed by atoms with Crippen molar-refractivity contribution in [2.24, 2.45) is 0 Å². The normalized spacial score (nSPS) is 16.3. The Labute approximate surface area is 180 Å². The summed E-state index contributed by atoms with van der Waals surface area (Å²) in [6, 6.07) is 13.6. The smallest absolute Gasteiger partial charge is 0.243 e. The summed E-state index contributed by atoms with van der Waals surface area (Å²) in [6.07, 6.45) is 0.655. The molecule has 29 heavy (non-hydrogen) atoms. The summed E-state index contributed by atoms with van der Waals surface area (Å²) in [5, 5.41) is 3.25. The van der Waals surface area contributed by atoms with E-state index in [4.69, 9.17) is 16.3 Å². The Balaban J connectivity index is 1.64. The van der Waals surface area contributed by atoms with Gasteiger partial charge in [0.15, 0.2) is 0 Å². The fraction of sp³-hybridized carbons (Fsp3) is 0.350. The van der Waals surface area contributed by atoms with Crippen LogP contribution in [0.3, 0.4) is 0 Å². The second-order valence-corrected chi connectivity index (χ2v) is 10.1. The molecule has 1 aliphatic heterocycles. The Morgan fingerprint density at radius 3 is 2.34 bits per heavy atom. The van der Waals surface area contributed by atoms with E-state index in [1.54, 1.807) is 24.3 Å². The number of benzene rings is 2. The van der Waals surface area contributed by atoms with Crippen molar-refractivity contribution in [3.8, 4) is 0 Å². The molecule has 2 aromatic carbocycles. The Bertz CT molecular complexity index is 928. The van der Waals surface area contributed by atoms with E-state index in [1.165, 1.54) is 28.2 Å². The van der Waals surface area contributed by atoms with Gasteiger partial charge in [-0.3, -0.25) is 4.79 Å². The lowest BCUT2D eigenvalue weighted by molar-refractivity contribution is -0.115. The molecule has 1 saturated heterocycles. The molecule has 0 radical (unpaired) electrons. The van der Waals surface area contributed by atoms with Crippen LogP contribution in [0.25, 0.3) is 0 Å². The minimum Gasteiger partial charge on any atom is -0.379 e. The highest BCUT2D eigenvalue weighted by molar-refractivity contribution is 8.00. The van der Waals surface area contributed by atoms with Crippen molar-refractivity contribution in [1.82, 2.24) is 4.31 Å². The highest BCUT2D eigenvalue weighted by Gasteiger charge is 2.26. The van der Waals surface area contributed by atoms with E-state index in [0.717, 1.165) is 4.90 Å². The number of carbonyl (C=O) groups excluding carboxylic acids is 1. The molecule has 156 valence electrons. The molecule has 1 aliphatic rings. The van der Waals surface area contributed by atoms with Crippen molar-refractivity contribution in [2.45, 2.75) is 28.4 Å². The lowest BCUT2D eigenvalue weighted by atomic mass is 10.3. The second-order valence-electron chi connectivity index (χ2n) is 6.50. The molecule has 1 N–H and O–H groups in total. The molecule has 0 aliphatic carbocycles. The van der Waals surface area contributed by atoms with E-state index < -0.39 is 10.0 Å². The van der Waals surface area contributed by atoms with E-state index in [2.05, 4.69) is 5.32 Å². The highest BCUT2D eigenvalue weighted by Crippen LogP contribution is 2.28. The van der Waals surface area contributed by atoms with Crippen molar-refractivity contribution in [3.05, 3.63) is 53.6 Å². The molecule has 9 heteroatoms. The summed E-state index contributed by atoms with van der Waals surface area (Å²) in [6.45, 7) is 3.45. The molecule has 0 saturated carbocycles. The molecule has 3 rings (SSSR count). The van der Waals surface area contributed by atoms with Gasteiger partial charge in [0.1, 0.15) is 0 Å². The van der Waals surface area contributed by atoms with Gasteiger partial charge in [-0.1, -0.05) is 18.5 Å². The Kier molecular flexibility index (Phi) is 7.59. The van der Waals surface area contributed by atoms with Crippen LogP contribution in [-0.4, -0.2) is 50.2 Å².